The second kappa shape index (κ2) is 5.12. The van der Waals surface area contributed by atoms with Gasteiger partial charge in [-0.1, -0.05) is 28.1 Å². The number of ketones is 1. The molecule has 1 aliphatic rings. The Kier molecular flexibility index (Phi) is 3.73. The normalized spacial score (nSPS) is 17.7. The fourth-order valence-corrected chi connectivity index (χ4v) is 2.74. The second-order valence-corrected chi connectivity index (χ2v) is 5.66. The Morgan fingerprint density at radius 2 is 1.94 bits per heavy atom. The summed E-state index contributed by atoms with van der Waals surface area (Å²) in [6.07, 6.45) is 1.68. The molecule has 1 aliphatic heterocycles. The van der Waals surface area contributed by atoms with Crippen molar-refractivity contribution < 1.29 is 14.7 Å². The predicted octanol–water partition coefficient (Wildman–Crippen LogP) is 3.46. The first-order valence-corrected chi connectivity index (χ1v) is 6.74. The van der Waals surface area contributed by atoms with Gasteiger partial charge < -0.3 is 5.11 Å². The first kappa shape index (κ1) is 13.1. The number of benzene rings is 1. The van der Waals surface area contributed by atoms with Crippen LogP contribution in [0.25, 0.3) is 6.08 Å². The molecule has 0 unspecified atom stereocenters. The van der Waals surface area contributed by atoms with Crippen molar-refractivity contribution in [3.05, 3.63) is 50.5 Å². The molecule has 3 nitrogen and oxygen atoms in total. The molecule has 1 aromatic rings. The van der Waals surface area contributed by atoms with Crippen LogP contribution >= 0.6 is 27.7 Å². The summed E-state index contributed by atoms with van der Waals surface area (Å²) in [5.74, 6) is -0.635. The minimum Gasteiger partial charge on any atom is -0.506 e. The molecular weight excluding hydrogens is 316 g/mol. The Balaban J connectivity index is 2.39. The van der Waals surface area contributed by atoms with Crippen LogP contribution in [-0.4, -0.2) is 16.0 Å². The number of rotatable bonds is 2. The zero-order valence-corrected chi connectivity index (χ0v) is 11.8. The van der Waals surface area contributed by atoms with Crippen LogP contribution in [-0.2, 0) is 9.59 Å². The Bertz CT molecular complexity index is 585. The van der Waals surface area contributed by atoms with Crippen molar-refractivity contribution in [2.75, 3.05) is 0 Å². The van der Waals surface area contributed by atoms with Gasteiger partial charge >= 0.3 is 0 Å². The molecule has 0 aliphatic carbocycles. The lowest BCUT2D eigenvalue weighted by Crippen LogP contribution is -2.03. The van der Waals surface area contributed by atoms with E-state index in [0.29, 0.717) is 4.91 Å². The summed E-state index contributed by atoms with van der Waals surface area (Å²) in [4.78, 5) is 23.2. The smallest absolute Gasteiger partial charge is 0.231 e. The van der Waals surface area contributed by atoms with Gasteiger partial charge in [0.25, 0.3) is 0 Å². The molecule has 18 heavy (non-hydrogen) atoms. The summed E-state index contributed by atoms with van der Waals surface area (Å²) in [6, 6.07) is 7.42. The molecule has 0 fully saturated rings. The maximum Gasteiger partial charge on any atom is 0.231 e. The Morgan fingerprint density at radius 3 is 2.44 bits per heavy atom. The summed E-state index contributed by atoms with van der Waals surface area (Å²) in [5, 5.41) is 9.45. The van der Waals surface area contributed by atoms with E-state index in [4.69, 9.17) is 0 Å². The van der Waals surface area contributed by atoms with Crippen molar-refractivity contribution in [2.45, 2.75) is 6.92 Å². The SMILES string of the molecule is CC(=O)C1=C(O)/C(=C/c2ccc(Br)cc2)SC1=O. The Hall–Kier alpha value is -1.33. The van der Waals surface area contributed by atoms with E-state index >= 15 is 0 Å². The highest BCUT2D eigenvalue weighted by atomic mass is 79.9. The molecule has 1 N–H and O–H groups in total. The van der Waals surface area contributed by atoms with E-state index in [0.717, 1.165) is 21.8 Å². The molecule has 0 radical (unpaired) electrons. The lowest BCUT2D eigenvalue weighted by molar-refractivity contribution is -0.116. The number of hydrogen-bond acceptors (Lipinski definition) is 4. The molecule has 1 aromatic carbocycles. The second-order valence-electron chi connectivity index (χ2n) is 3.73. The van der Waals surface area contributed by atoms with E-state index in [9.17, 15) is 14.7 Å². The van der Waals surface area contributed by atoms with Crippen molar-refractivity contribution in [3.63, 3.8) is 0 Å². The van der Waals surface area contributed by atoms with Crippen LogP contribution in [0.5, 0.6) is 0 Å². The van der Waals surface area contributed by atoms with Gasteiger partial charge in [-0.2, -0.15) is 0 Å². The van der Waals surface area contributed by atoms with E-state index in [1.54, 1.807) is 6.08 Å². The van der Waals surface area contributed by atoms with Gasteiger partial charge in [-0.15, -0.1) is 0 Å². The van der Waals surface area contributed by atoms with Gasteiger partial charge in [0.05, 0.1) is 4.91 Å². The van der Waals surface area contributed by atoms with Crippen molar-refractivity contribution >= 4 is 44.7 Å². The number of carbonyl (C=O) groups excluding carboxylic acids is 2. The number of aliphatic hydroxyl groups excluding tert-OH is 1. The minimum absolute atomic E-state index is 0.122. The van der Waals surface area contributed by atoms with Crippen molar-refractivity contribution in [1.29, 1.82) is 0 Å². The summed E-state index contributed by atoms with van der Waals surface area (Å²) < 4.78 is 0.948. The van der Waals surface area contributed by atoms with E-state index in [1.165, 1.54) is 6.92 Å². The highest BCUT2D eigenvalue weighted by molar-refractivity contribution is 9.10. The van der Waals surface area contributed by atoms with Crippen LogP contribution < -0.4 is 0 Å². The number of halogens is 1. The van der Waals surface area contributed by atoms with Crippen LogP contribution in [0.1, 0.15) is 12.5 Å². The molecule has 0 spiro atoms. The molecule has 92 valence electrons. The minimum atomic E-state index is -0.413. The van der Waals surface area contributed by atoms with Crippen LogP contribution in [0, 0.1) is 0 Å². The van der Waals surface area contributed by atoms with Crippen molar-refractivity contribution in [3.8, 4) is 0 Å². The standard InChI is InChI=1S/C13H9BrO3S/c1-7(15)11-12(16)10(18-13(11)17)6-8-2-4-9(14)5-3-8/h2-6,16H,1H3/b10-6-. The van der Waals surface area contributed by atoms with Gasteiger partial charge in [0.2, 0.25) is 5.12 Å². The first-order valence-electron chi connectivity index (χ1n) is 5.13. The quantitative estimate of drug-likeness (QED) is 0.846. The Morgan fingerprint density at radius 1 is 1.33 bits per heavy atom. The third-order valence-corrected chi connectivity index (χ3v) is 3.85. The first-order chi connectivity index (χ1) is 8.49. The zero-order valence-electron chi connectivity index (χ0n) is 9.44. The fraction of sp³-hybridized carbons (Fsp3) is 0.0769. The average Bonchev–Trinajstić information content (AvgIpc) is 2.57. The lowest BCUT2D eigenvalue weighted by Gasteiger charge is -1.98. The van der Waals surface area contributed by atoms with Crippen LogP contribution in [0.3, 0.4) is 0 Å². The predicted molar refractivity (Wildman–Crippen MR) is 75.1 cm³/mol. The monoisotopic (exact) mass is 324 g/mol. The number of thioether (sulfide) groups is 1. The molecule has 0 atom stereocenters. The molecule has 0 saturated carbocycles. The number of Topliss-reactive ketones (excluding diaryl/α,β-unsaturated/α-hetero) is 1. The van der Waals surface area contributed by atoms with Gasteiger partial charge in [0, 0.05) is 4.47 Å². The highest BCUT2D eigenvalue weighted by Crippen LogP contribution is 2.37. The third kappa shape index (κ3) is 2.57. The molecule has 0 bridgehead atoms. The van der Waals surface area contributed by atoms with Crippen LogP contribution in [0.2, 0.25) is 0 Å². The number of carbonyl (C=O) groups is 2. The molecule has 5 heteroatoms. The van der Waals surface area contributed by atoms with E-state index in [2.05, 4.69) is 15.9 Å². The molecule has 0 amide bonds. The summed E-state index contributed by atoms with van der Waals surface area (Å²) in [7, 11) is 0. The lowest BCUT2D eigenvalue weighted by atomic mass is 10.1. The maximum atomic E-state index is 11.6. The van der Waals surface area contributed by atoms with E-state index in [1.807, 2.05) is 24.3 Å². The van der Waals surface area contributed by atoms with E-state index < -0.39 is 10.9 Å². The van der Waals surface area contributed by atoms with Gasteiger partial charge in [0.15, 0.2) is 5.78 Å². The molecule has 2 rings (SSSR count). The van der Waals surface area contributed by atoms with Crippen molar-refractivity contribution in [2.24, 2.45) is 0 Å². The summed E-state index contributed by atoms with van der Waals surface area (Å²) >= 11 is 4.20. The van der Waals surface area contributed by atoms with Gasteiger partial charge in [-0.05, 0) is 42.5 Å². The average molecular weight is 325 g/mol. The van der Waals surface area contributed by atoms with Crippen LogP contribution in [0.15, 0.2) is 45.0 Å². The van der Waals surface area contributed by atoms with Crippen molar-refractivity contribution in [1.82, 2.24) is 0 Å². The van der Waals surface area contributed by atoms with Gasteiger partial charge in [0.1, 0.15) is 11.3 Å². The molecule has 0 saturated heterocycles. The largest absolute Gasteiger partial charge is 0.506 e. The zero-order chi connectivity index (χ0) is 13.3. The summed E-state index contributed by atoms with van der Waals surface area (Å²) in [6.45, 7) is 1.27. The topological polar surface area (TPSA) is 54.4 Å². The molecular formula is C13H9BrO3S. The van der Waals surface area contributed by atoms with Gasteiger partial charge in [-0.25, -0.2) is 0 Å². The number of hydrogen-bond donors (Lipinski definition) is 1. The third-order valence-electron chi connectivity index (χ3n) is 2.40. The fourth-order valence-electron chi connectivity index (χ4n) is 1.54. The van der Waals surface area contributed by atoms with Crippen LogP contribution in [0.4, 0.5) is 0 Å². The molecule has 0 aromatic heterocycles. The molecule has 1 heterocycles. The maximum absolute atomic E-state index is 11.6. The highest BCUT2D eigenvalue weighted by Gasteiger charge is 2.31. The number of aliphatic hydroxyl groups is 1. The van der Waals surface area contributed by atoms with Gasteiger partial charge in [-0.3, -0.25) is 9.59 Å². The Labute approximate surface area is 117 Å². The van der Waals surface area contributed by atoms with E-state index in [-0.39, 0.29) is 11.3 Å². The summed E-state index contributed by atoms with van der Waals surface area (Å²) in [5.41, 5.74) is 0.730.